The molecule has 2 aromatic rings. The summed E-state index contributed by atoms with van der Waals surface area (Å²) in [6.45, 7) is 0.296. The van der Waals surface area contributed by atoms with Crippen LogP contribution >= 0.6 is 0 Å². The van der Waals surface area contributed by atoms with Crippen LogP contribution in [0.2, 0.25) is 0 Å². The van der Waals surface area contributed by atoms with Crippen LogP contribution in [0.3, 0.4) is 0 Å². The largest absolute Gasteiger partial charge is 0.493 e. The SMILES string of the molecule is CNC(=O)N(Cc1nc(-c2ccc(OC)c(OC)c2)no1)C1CCCCC1. The first-order valence-corrected chi connectivity index (χ1v) is 9.19. The maximum atomic E-state index is 12.3. The topological polar surface area (TPSA) is 89.7 Å². The summed E-state index contributed by atoms with van der Waals surface area (Å²) < 4.78 is 16.0. The lowest BCUT2D eigenvalue weighted by atomic mass is 9.94. The van der Waals surface area contributed by atoms with Crippen molar-refractivity contribution in [1.82, 2.24) is 20.4 Å². The van der Waals surface area contributed by atoms with E-state index in [9.17, 15) is 4.79 Å². The molecule has 0 atom stereocenters. The molecule has 1 heterocycles. The first kappa shape index (κ1) is 19.0. The zero-order valence-corrected chi connectivity index (χ0v) is 16.0. The highest BCUT2D eigenvalue weighted by Gasteiger charge is 2.27. The van der Waals surface area contributed by atoms with Crippen molar-refractivity contribution in [3.63, 3.8) is 0 Å². The second kappa shape index (κ2) is 8.75. The minimum absolute atomic E-state index is 0.118. The van der Waals surface area contributed by atoms with Crippen molar-refractivity contribution < 1.29 is 18.8 Å². The van der Waals surface area contributed by atoms with Crippen molar-refractivity contribution in [1.29, 1.82) is 0 Å². The molecule has 1 aliphatic rings. The van der Waals surface area contributed by atoms with Gasteiger partial charge in [0.1, 0.15) is 6.54 Å². The van der Waals surface area contributed by atoms with E-state index in [1.165, 1.54) is 6.42 Å². The van der Waals surface area contributed by atoms with Gasteiger partial charge < -0.3 is 24.2 Å². The predicted molar refractivity (Wildman–Crippen MR) is 99.7 cm³/mol. The van der Waals surface area contributed by atoms with Crippen LogP contribution in [-0.4, -0.2) is 48.4 Å². The first-order chi connectivity index (χ1) is 13.2. The third-order valence-electron chi connectivity index (χ3n) is 4.91. The Hall–Kier alpha value is -2.77. The summed E-state index contributed by atoms with van der Waals surface area (Å²) in [5, 5.41) is 6.78. The molecule has 1 fully saturated rings. The number of amides is 2. The van der Waals surface area contributed by atoms with Crippen LogP contribution in [0.25, 0.3) is 11.4 Å². The second-order valence-electron chi connectivity index (χ2n) is 6.56. The number of methoxy groups -OCH3 is 2. The molecule has 2 amide bonds. The summed E-state index contributed by atoms with van der Waals surface area (Å²) in [5.74, 6) is 2.09. The molecule has 3 rings (SSSR count). The average Bonchev–Trinajstić information content (AvgIpc) is 3.20. The van der Waals surface area contributed by atoms with Crippen molar-refractivity contribution >= 4 is 6.03 Å². The van der Waals surface area contributed by atoms with Gasteiger partial charge in [-0.05, 0) is 31.0 Å². The summed E-state index contributed by atoms with van der Waals surface area (Å²) in [6.07, 6.45) is 5.51. The van der Waals surface area contributed by atoms with Crippen molar-refractivity contribution in [3.05, 3.63) is 24.1 Å². The van der Waals surface area contributed by atoms with Crippen LogP contribution in [0, 0.1) is 0 Å². The highest BCUT2D eigenvalue weighted by molar-refractivity contribution is 5.74. The molecule has 8 heteroatoms. The van der Waals surface area contributed by atoms with Gasteiger partial charge in [-0.1, -0.05) is 24.4 Å². The lowest BCUT2D eigenvalue weighted by Crippen LogP contribution is -2.45. The van der Waals surface area contributed by atoms with Gasteiger partial charge in [0.15, 0.2) is 11.5 Å². The van der Waals surface area contributed by atoms with E-state index >= 15 is 0 Å². The zero-order valence-electron chi connectivity index (χ0n) is 16.0. The normalized spacial score (nSPS) is 14.6. The standard InChI is InChI=1S/C19H26N4O4/c1-20-19(24)23(14-7-5-4-6-8-14)12-17-21-18(22-27-17)13-9-10-15(25-2)16(11-13)26-3/h9-11,14H,4-8,12H2,1-3H3,(H,20,24). The summed E-state index contributed by atoms with van der Waals surface area (Å²) in [5.41, 5.74) is 0.756. The molecule has 1 aromatic carbocycles. The monoisotopic (exact) mass is 374 g/mol. The van der Waals surface area contributed by atoms with Gasteiger partial charge in [0.2, 0.25) is 11.7 Å². The lowest BCUT2D eigenvalue weighted by molar-refractivity contribution is 0.142. The Bertz CT molecular complexity index is 771. The van der Waals surface area contributed by atoms with Gasteiger partial charge in [-0.25, -0.2) is 4.79 Å². The van der Waals surface area contributed by atoms with E-state index in [2.05, 4.69) is 15.5 Å². The Morgan fingerprint density at radius 2 is 1.96 bits per heavy atom. The maximum absolute atomic E-state index is 12.3. The molecule has 0 bridgehead atoms. The van der Waals surface area contributed by atoms with Crippen molar-refractivity contribution in [2.45, 2.75) is 44.7 Å². The Morgan fingerprint density at radius 3 is 2.63 bits per heavy atom. The number of urea groups is 1. The Balaban J connectivity index is 1.78. The molecule has 0 spiro atoms. The van der Waals surface area contributed by atoms with Gasteiger partial charge in [-0.2, -0.15) is 4.98 Å². The average molecular weight is 374 g/mol. The summed E-state index contributed by atoms with van der Waals surface area (Å²) in [6, 6.07) is 5.52. The summed E-state index contributed by atoms with van der Waals surface area (Å²) >= 11 is 0. The molecule has 0 saturated heterocycles. The predicted octanol–water partition coefficient (Wildman–Crippen LogP) is 3.23. The van der Waals surface area contributed by atoms with Gasteiger partial charge in [0.05, 0.1) is 14.2 Å². The number of ether oxygens (including phenoxy) is 2. The summed E-state index contributed by atoms with van der Waals surface area (Å²) in [7, 11) is 4.80. The number of rotatable bonds is 6. The highest BCUT2D eigenvalue weighted by Crippen LogP contribution is 2.31. The summed E-state index contributed by atoms with van der Waals surface area (Å²) in [4.78, 5) is 18.6. The molecular formula is C19H26N4O4. The molecule has 1 aliphatic carbocycles. The van der Waals surface area contributed by atoms with Gasteiger partial charge in [0, 0.05) is 18.7 Å². The molecule has 0 unspecified atom stereocenters. The smallest absolute Gasteiger partial charge is 0.317 e. The quantitative estimate of drug-likeness (QED) is 0.835. The van der Waals surface area contributed by atoms with E-state index in [4.69, 9.17) is 14.0 Å². The number of nitrogens with one attached hydrogen (secondary N) is 1. The highest BCUT2D eigenvalue weighted by atomic mass is 16.5. The van der Waals surface area contributed by atoms with E-state index in [1.807, 2.05) is 6.07 Å². The van der Waals surface area contributed by atoms with E-state index in [0.717, 1.165) is 31.2 Å². The molecule has 1 N–H and O–H groups in total. The van der Waals surface area contributed by atoms with Crippen LogP contribution in [0.4, 0.5) is 4.79 Å². The number of carbonyl (C=O) groups is 1. The zero-order chi connectivity index (χ0) is 19.2. The van der Waals surface area contributed by atoms with Gasteiger partial charge in [-0.3, -0.25) is 0 Å². The first-order valence-electron chi connectivity index (χ1n) is 9.19. The molecule has 0 aliphatic heterocycles. The number of carbonyl (C=O) groups excluding carboxylic acids is 1. The number of aromatic nitrogens is 2. The van der Waals surface area contributed by atoms with Crippen molar-refractivity contribution in [2.24, 2.45) is 0 Å². The van der Waals surface area contributed by atoms with E-state index in [-0.39, 0.29) is 12.1 Å². The van der Waals surface area contributed by atoms with Crippen LogP contribution in [0.5, 0.6) is 11.5 Å². The van der Waals surface area contributed by atoms with Crippen molar-refractivity contribution in [3.8, 4) is 22.9 Å². The van der Waals surface area contributed by atoms with E-state index < -0.39 is 0 Å². The Kier molecular flexibility index (Phi) is 6.16. The molecule has 1 saturated carbocycles. The van der Waals surface area contributed by atoms with Crippen LogP contribution in [-0.2, 0) is 6.54 Å². The molecule has 146 valence electrons. The molecule has 0 radical (unpaired) electrons. The minimum atomic E-state index is -0.118. The fraction of sp³-hybridized carbons (Fsp3) is 0.526. The fourth-order valence-electron chi connectivity index (χ4n) is 3.46. The van der Waals surface area contributed by atoms with Gasteiger partial charge in [0.25, 0.3) is 0 Å². The third-order valence-corrected chi connectivity index (χ3v) is 4.91. The second-order valence-corrected chi connectivity index (χ2v) is 6.56. The Morgan fingerprint density at radius 1 is 1.22 bits per heavy atom. The third kappa shape index (κ3) is 4.32. The molecular weight excluding hydrogens is 348 g/mol. The van der Waals surface area contributed by atoms with Crippen LogP contribution in [0.1, 0.15) is 38.0 Å². The van der Waals surface area contributed by atoms with Crippen LogP contribution < -0.4 is 14.8 Å². The number of benzene rings is 1. The molecule has 1 aromatic heterocycles. The fourth-order valence-corrected chi connectivity index (χ4v) is 3.46. The minimum Gasteiger partial charge on any atom is -0.493 e. The van der Waals surface area contributed by atoms with E-state index in [1.54, 1.807) is 38.3 Å². The number of nitrogens with zero attached hydrogens (tertiary/aromatic N) is 3. The Labute approximate surface area is 158 Å². The van der Waals surface area contributed by atoms with Crippen LogP contribution in [0.15, 0.2) is 22.7 Å². The molecule has 8 nitrogen and oxygen atoms in total. The molecule has 27 heavy (non-hydrogen) atoms. The maximum Gasteiger partial charge on any atom is 0.317 e. The van der Waals surface area contributed by atoms with Crippen molar-refractivity contribution in [2.75, 3.05) is 21.3 Å². The lowest BCUT2D eigenvalue weighted by Gasteiger charge is -2.33. The number of hydrogen-bond donors (Lipinski definition) is 1. The number of hydrogen-bond acceptors (Lipinski definition) is 6. The van der Waals surface area contributed by atoms with Gasteiger partial charge >= 0.3 is 6.03 Å². The van der Waals surface area contributed by atoms with E-state index in [0.29, 0.717) is 29.8 Å². The van der Waals surface area contributed by atoms with Gasteiger partial charge in [-0.15, -0.1) is 0 Å².